The number of methoxy groups -OCH3 is 2. The molecule has 0 bridgehead atoms. The van der Waals surface area contributed by atoms with E-state index in [4.69, 9.17) is 9.47 Å². The molecule has 0 spiro atoms. The van der Waals surface area contributed by atoms with Gasteiger partial charge in [-0.05, 0) is 49.7 Å². The molecule has 138 valence electrons. The van der Waals surface area contributed by atoms with Crippen LogP contribution in [0.3, 0.4) is 0 Å². The zero-order valence-electron chi connectivity index (χ0n) is 16.6. The Balaban J connectivity index is 2.74. The normalized spacial score (nSPS) is 10.9. The average Bonchev–Trinajstić information content (AvgIpc) is 2.75. The Bertz CT molecular complexity index is 963. The van der Waals surface area contributed by atoms with Crippen LogP contribution >= 0.6 is 0 Å². The fraction of sp³-hybridized carbons (Fsp3) is 0.231. The first kappa shape index (κ1) is 20.6. The number of hydrogen-bond acceptors (Lipinski definition) is 2. The van der Waals surface area contributed by atoms with Crippen molar-refractivity contribution in [1.29, 1.82) is 0 Å². The molecule has 2 heteroatoms. The van der Waals surface area contributed by atoms with E-state index in [0.717, 1.165) is 22.6 Å². The Morgan fingerprint density at radius 3 is 1.36 bits per heavy atom. The number of para-hydroxylation sites is 2. The van der Waals surface area contributed by atoms with Crippen LogP contribution in [0.15, 0.2) is 48.5 Å². The first-order chi connectivity index (χ1) is 13.8. The van der Waals surface area contributed by atoms with E-state index in [9.17, 15) is 0 Å². The van der Waals surface area contributed by atoms with Crippen LogP contribution in [0.25, 0.3) is 0 Å². The first-order valence-electron chi connectivity index (χ1n) is 8.87. The molecule has 2 unspecified atom stereocenters. The smallest absolute Gasteiger partial charge is 0.123 e. The zero-order chi connectivity index (χ0) is 20.2. The predicted octanol–water partition coefficient (Wildman–Crippen LogP) is 4.62. The van der Waals surface area contributed by atoms with Crippen LogP contribution in [0.2, 0.25) is 0 Å². The number of rotatable bonds is 5. The van der Waals surface area contributed by atoms with Crippen LogP contribution in [0, 0.1) is 47.4 Å². The molecular formula is C26H22O2. The topological polar surface area (TPSA) is 18.5 Å². The molecule has 0 aromatic heterocycles. The molecule has 0 saturated heterocycles. The summed E-state index contributed by atoms with van der Waals surface area (Å²) in [6.07, 6.45) is 0. The number of ether oxygens (including phenoxy) is 2. The van der Waals surface area contributed by atoms with E-state index in [2.05, 4.69) is 47.4 Å². The molecule has 0 amide bonds. The Hall–Kier alpha value is -3.72. The Morgan fingerprint density at radius 2 is 1.00 bits per heavy atom. The minimum Gasteiger partial charge on any atom is -0.496 e. The monoisotopic (exact) mass is 366 g/mol. The second-order valence-electron chi connectivity index (χ2n) is 5.73. The summed E-state index contributed by atoms with van der Waals surface area (Å²) in [5, 5.41) is 0. The van der Waals surface area contributed by atoms with Crippen molar-refractivity contribution in [2.24, 2.45) is 0 Å². The zero-order valence-corrected chi connectivity index (χ0v) is 16.6. The SMILES string of the molecule is CC#CC#CC(c1ccccc1OC)C(C#CC#CC)c1ccccc1OC. The van der Waals surface area contributed by atoms with Crippen molar-refractivity contribution in [2.45, 2.75) is 25.7 Å². The highest BCUT2D eigenvalue weighted by Crippen LogP contribution is 2.40. The molecule has 2 aromatic rings. The van der Waals surface area contributed by atoms with Crippen molar-refractivity contribution in [3.63, 3.8) is 0 Å². The lowest BCUT2D eigenvalue weighted by Crippen LogP contribution is -2.11. The highest BCUT2D eigenvalue weighted by atomic mass is 16.5. The molecule has 0 radical (unpaired) electrons. The highest BCUT2D eigenvalue weighted by Gasteiger charge is 2.27. The van der Waals surface area contributed by atoms with Crippen molar-refractivity contribution in [2.75, 3.05) is 14.2 Å². The predicted molar refractivity (Wildman–Crippen MR) is 114 cm³/mol. The average molecular weight is 366 g/mol. The number of benzene rings is 2. The third-order valence-corrected chi connectivity index (χ3v) is 4.11. The fourth-order valence-corrected chi connectivity index (χ4v) is 2.88. The lowest BCUT2D eigenvalue weighted by molar-refractivity contribution is 0.402. The summed E-state index contributed by atoms with van der Waals surface area (Å²) in [7, 11) is 3.31. The van der Waals surface area contributed by atoms with Crippen LogP contribution in [0.1, 0.15) is 36.8 Å². The minimum absolute atomic E-state index is 0.264. The van der Waals surface area contributed by atoms with Crippen LogP contribution in [-0.4, -0.2) is 14.2 Å². The Morgan fingerprint density at radius 1 is 0.607 bits per heavy atom. The lowest BCUT2D eigenvalue weighted by Gasteiger charge is -2.22. The van der Waals surface area contributed by atoms with Gasteiger partial charge in [0.05, 0.1) is 26.1 Å². The van der Waals surface area contributed by atoms with Crippen molar-refractivity contribution in [3.05, 3.63) is 59.7 Å². The van der Waals surface area contributed by atoms with Gasteiger partial charge in [-0.2, -0.15) is 0 Å². The highest BCUT2D eigenvalue weighted by molar-refractivity contribution is 5.51. The van der Waals surface area contributed by atoms with Gasteiger partial charge in [0.15, 0.2) is 0 Å². The van der Waals surface area contributed by atoms with Crippen molar-refractivity contribution >= 4 is 0 Å². The van der Waals surface area contributed by atoms with E-state index in [1.165, 1.54) is 0 Å². The molecular weight excluding hydrogens is 344 g/mol. The van der Waals surface area contributed by atoms with Crippen LogP contribution in [-0.2, 0) is 0 Å². The van der Waals surface area contributed by atoms with Gasteiger partial charge < -0.3 is 9.47 Å². The van der Waals surface area contributed by atoms with Gasteiger partial charge >= 0.3 is 0 Å². The van der Waals surface area contributed by atoms with Gasteiger partial charge in [0.1, 0.15) is 11.5 Å². The van der Waals surface area contributed by atoms with Gasteiger partial charge in [-0.1, -0.05) is 60.1 Å². The molecule has 0 aliphatic carbocycles. The Kier molecular flexibility index (Phi) is 8.16. The van der Waals surface area contributed by atoms with Gasteiger partial charge in [0, 0.05) is 11.1 Å². The molecule has 2 rings (SSSR count). The van der Waals surface area contributed by atoms with Gasteiger partial charge in [-0.15, -0.1) is 0 Å². The fourth-order valence-electron chi connectivity index (χ4n) is 2.88. The van der Waals surface area contributed by atoms with Crippen molar-refractivity contribution in [1.82, 2.24) is 0 Å². The van der Waals surface area contributed by atoms with Gasteiger partial charge in [0.25, 0.3) is 0 Å². The molecule has 0 aliphatic heterocycles. The number of hydrogen-bond donors (Lipinski definition) is 0. The van der Waals surface area contributed by atoms with Crippen molar-refractivity contribution < 1.29 is 9.47 Å². The standard InChI is InChI=1S/C26H22O2/c1-5-7-9-15-21(23-17-11-13-19-25(23)27-3)22(16-10-8-6-2)24-18-12-14-20-26(24)28-4/h11-14,17-22H,1-4H3. The van der Waals surface area contributed by atoms with Crippen LogP contribution in [0.5, 0.6) is 11.5 Å². The van der Waals surface area contributed by atoms with E-state index in [1.54, 1.807) is 28.1 Å². The third kappa shape index (κ3) is 5.15. The summed E-state index contributed by atoms with van der Waals surface area (Å²) in [6.45, 7) is 3.53. The van der Waals surface area contributed by atoms with Crippen molar-refractivity contribution in [3.8, 4) is 58.9 Å². The van der Waals surface area contributed by atoms with E-state index in [-0.39, 0.29) is 11.8 Å². The summed E-state index contributed by atoms with van der Waals surface area (Å²) < 4.78 is 11.2. The molecule has 2 atom stereocenters. The first-order valence-corrected chi connectivity index (χ1v) is 8.87. The van der Waals surface area contributed by atoms with Gasteiger partial charge in [-0.3, -0.25) is 0 Å². The van der Waals surface area contributed by atoms with E-state index >= 15 is 0 Å². The summed E-state index contributed by atoms with van der Waals surface area (Å²) in [5.41, 5.74) is 1.90. The molecule has 0 heterocycles. The van der Waals surface area contributed by atoms with E-state index in [1.807, 2.05) is 48.5 Å². The molecule has 0 saturated carbocycles. The van der Waals surface area contributed by atoms with E-state index in [0.29, 0.717) is 0 Å². The summed E-state index contributed by atoms with van der Waals surface area (Å²) in [4.78, 5) is 0. The molecule has 0 aliphatic rings. The van der Waals surface area contributed by atoms with Crippen LogP contribution < -0.4 is 9.47 Å². The molecule has 28 heavy (non-hydrogen) atoms. The maximum Gasteiger partial charge on any atom is 0.123 e. The maximum absolute atomic E-state index is 5.59. The second-order valence-corrected chi connectivity index (χ2v) is 5.73. The maximum atomic E-state index is 5.59. The summed E-state index contributed by atoms with van der Waals surface area (Å²) >= 11 is 0. The molecule has 2 nitrogen and oxygen atoms in total. The minimum atomic E-state index is -0.264. The summed E-state index contributed by atoms with van der Waals surface area (Å²) in [6, 6.07) is 15.7. The van der Waals surface area contributed by atoms with Gasteiger partial charge in [-0.25, -0.2) is 0 Å². The quantitative estimate of drug-likeness (QED) is 0.719. The second kappa shape index (κ2) is 11.1. The largest absolute Gasteiger partial charge is 0.496 e. The summed E-state index contributed by atoms with van der Waals surface area (Å²) in [5.74, 6) is 24.7. The lowest BCUT2D eigenvalue weighted by atomic mass is 9.81. The van der Waals surface area contributed by atoms with E-state index < -0.39 is 0 Å². The molecule has 0 fully saturated rings. The Labute approximate surface area is 168 Å². The molecule has 0 N–H and O–H groups in total. The van der Waals surface area contributed by atoms with Gasteiger partial charge in [0.2, 0.25) is 0 Å². The third-order valence-electron chi connectivity index (χ3n) is 4.11. The van der Waals surface area contributed by atoms with Crippen LogP contribution in [0.4, 0.5) is 0 Å². The molecule has 2 aromatic carbocycles.